The maximum Gasteiger partial charge on any atom is 0.232 e. The maximum atomic E-state index is 5.42. The van der Waals surface area contributed by atoms with Crippen molar-refractivity contribution >= 4 is 34.9 Å². The molecule has 1 aromatic rings. The number of piperidine rings is 1. The second-order valence-corrected chi connectivity index (χ2v) is 8.43. The van der Waals surface area contributed by atoms with Crippen molar-refractivity contribution in [2.24, 2.45) is 11.8 Å². The van der Waals surface area contributed by atoms with Crippen LogP contribution in [0.1, 0.15) is 46.5 Å². The third-order valence-corrected chi connectivity index (χ3v) is 5.25. The van der Waals surface area contributed by atoms with Crippen LogP contribution in [0.2, 0.25) is 0 Å². The van der Waals surface area contributed by atoms with Crippen molar-refractivity contribution in [3.8, 4) is 0 Å². The largest absolute Gasteiger partial charge is 0.362 e. The minimum atomic E-state index is 0.539. The van der Waals surface area contributed by atoms with Crippen LogP contribution in [0.3, 0.4) is 0 Å². The van der Waals surface area contributed by atoms with Gasteiger partial charge in [0.15, 0.2) is 5.11 Å². The summed E-state index contributed by atoms with van der Waals surface area (Å²) in [5.41, 5.74) is 0. The lowest BCUT2D eigenvalue weighted by molar-refractivity contribution is 0.444. The Balaban J connectivity index is 1.79. The summed E-state index contributed by atoms with van der Waals surface area (Å²) < 4.78 is 0. The molecule has 0 aliphatic carbocycles. The Labute approximate surface area is 162 Å². The summed E-state index contributed by atoms with van der Waals surface area (Å²) in [6, 6.07) is 2.15. The second kappa shape index (κ2) is 8.84. The van der Waals surface area contributed by atoms with E-state index in [9.17, 15) is 0 Å². The minimum Gasteiger partial charge on any atom is -0.362 e. The number of rotatable bonds is 5. The fourth-order valence-electron chi connectivity index (χ4n) is 3.59. The van der Waals surface area contributed by atoms with Gasteiger partial charge in [-0.25, -0.2) is 0 Å². The van der Waals surface area contributed by atoms with E-state index in [1.165, 1.54) is 25.7 Å². The molecule has 2 aliphatic heterocycles. The van der Waals surface area contributed by atoms with Gasteiger partial charge < -0.3 is 20.4 Å². The van der Waals surface area contributed by atoms with E-state index in [1.807, 2.05) is 0 Å². The first-order chi connectivity index (χ1) is 12.5. The van der Waals surface area contributed by atoms with Gasteiger partial charge in [-0.3, -0.25) is 0 Å². The third-order valence-electron chi connectivity index (χ3n) is 5.01. The molecule has 0 aromatic carbocycles. The van der Waals surface area contributed by atoms with Crippen molar-refractivity contribution < 1.29 is 0 Å². The highest BCUT2D eigenvalue weighted by atomic mass is 32.1. The Bertz CT molecular complexity index is 614. The smallest absolute Gasteiger partial charge is 0.232 e. The highest BCUT2D eigenvalue weighted by Gasteiger charge is 2.21. The summed E-state index contributed by atoms with van der Waals surface area (Å²) in [5.74, 6) is 3.88. The van der Waals surface area contributed by atoms with Crippen molar-refractivity contribution in [3.05, 3.63) is 6.07 Å². The standard InChI is InChI=1S/C19H32N6S/c1-14(2)12-20-19(26)23-18-21-16(24-8-4-5-9-24)11-17(22-18)25-10-6-7-15(3)13-25/h11,14-15H,4-10,12-13H2,1-3H3,(H2,20,21,22,23,26). The van der Waals surface area contributed by atoms with E-state index in [0.717, 1.165) is 44.4 Å². The molecule has 7 heteroatoms. The summed E-state index contributed by atoms with van der Waals surface area (Å²) in [7, 11) is 0. The van der Waals surface area contributed by atoms with Gasteiger partial charge in [-0.05, 0) is 49.7 Å². The molecule has 0 saturated carbocycles. The molecule has 1 unspecified atom stereocenters. The number of aromatic nitrogens is 2. The molecule has 0 radical (unpaired) electrons. The Morgan fingerprint density at radius 3 is 2.46 bits per heavy atom. The Kier molecular flexibility index (Phi) is 6.51. The van der Waals surface area contributed by atoms with Gasteiger partial charge in [-0.15, -0.1) is 0 Å². The molecule has 2 aliphatic rings. The average molecular weight is 377 g/mol. The van der Waals surface area contributed by atoms with Crippen molar-refractivity contribution in [1.82, 2.24) is 15.3 Å². The molecule has 3 heterocycles. The molecule has 144 valence electrons. The van der Waals surface area contributed by atoms with Crippen LogP contribution in [0.4, 0.5) is 17.6 Å². The van der Waals surface area contributed by atoms with Crippen LogP contribution in [0.15, 0.2) is 6.07 Å². The SMILES string of the molecule is CC(C)CNC(=S)Nc1nc(N2CCCC2)cc(N2CCCC(C)C2)n1. The summed E-state index contributed by atoms with van der Waals surface area (Å²) in [5, 5.41) is 7.03. The summed E-state index contributed by atoms with van der Waals surface area (Å²) >= 11 is 5.42. The van der Waals surface area contributed by atoms with E-state index in [0.29, 0.717) is 22.9 Å². The minimum absolute atomic E-state index is 0.539. The number of thiocarbonyl (C=S) groups is 1. The first kappa shape index (κ1) is 19.1. The van der Waals surface area contributed by atoms with E-state index in [-0.39, 0.29) is 0 Å². The molecule has 0 amide bonds. The number of nitrogens with zero attached hydrogens (tertiary/aromatic N) is 4. The van der Waals surface area contributed by atoms with Crippen LogP contribution in [-0.4, -0.2) is 47.8 Å². The van der Waals surface area contributed by atoms with Crippen LogP contribution in [0.25, 0.3) is 0 Å². The molecule has 1 atom stereocenters. The first-order valence-electron chi connectivity index (χ1n) is 9.95. The highest BCUT2D eigenvalue weighted by molar-refractivity contribution is 7.80. The van der Waals surface area contributed by atoms with Crippen LogP contribution >= 0.6 is 12.2 Å². The molecule has 6 nitrogen and oxygen atoms in total. The van der Waals surface area contributed by atoms with E-state index in [1.54, 1.807) is 0 Å². The second-order valence-electron chi connectivity index (χ2n) is 8.02. The zero-order chi connectivity index (χ0) is 18.5. The van der Waals surface area contributed by atoms with Gasteiger partial charge in [-0.1, -0.05) is 20.8 Å². The molecular weight excluding hydrogens is 344 g/mol. The molecule has 2 fully saturated rings. The zero-order valence-corrected chi connectivity index (χ0v) is 17.1. The van der Waals surface area contributed by atoms with Crippen LogP contribution < -0.4 is 20.4 Å². The Morgan fingerprint density at radius 2 is 1.81 bits per heavy atom. The molecule has 0 bridgehead atoms. The highest BCUT2D eigenvalue weighted by Crippen LogP contribution is 2.27. The first-order valence-corrected chi connectivity index (χ1v) is 10.4. The van der Waals surface area contributed by atoms with Gasteiger partial charge in [0, 0.05) is 38.8 Å². The van der Waals surface area contributed by atoms with Crippen molar-refractivity contribution in [3.63, 3.8) is 0 Å². The summed E-state index contributed by atoms with van der Waals surface area (Å²) in [6.07, 6.45) is 4.99. The predicted molar refractivity (Wildman–Crippen MR) is 113 cm³/mol. The Morgan fingerprint density at radius 1 is 1.15 bits per heavy atom. The van der Waals surface area contributed by atoms with Gasteiger partial charge in [0.05, 0.1) is 0 Å². The lowest BCUT2D eigenvalue weighted by Crippen LogP contribution is -2.36. The van der Waals surface area contributed by atoms with Gasteiger partial charge in [-0.2, -0.15) is 9.97 Å². The summed E-state index contributed by atoms with van der Waals surface area (Å²) in [6.45, 7) is 11.8. The third kappa shape index (κ3) is 5.19. The zero-order valence-electron chi connectivity index (χ0n) is 16.3. The molecule has 0 spiro atoms. The number of nitrogens with one attached hydrogen (secondary N) is 2. The van der Waals surface area contributed by atoms with Gasteiger partial charge in [0.2, 0.25) is 5.95 Å². The molecule has 2 saturated heterocycles. The molecule has 3 rings (SSSR count). The molecule has 26 heavy (non-hydrogen) atoms. The van der Waals surface area contributed by atoms with Crippen LogP contribution in [0.5, 0.6) is 0 Å². The monoisotopic (exact) mass is 376 g/mol. The van der Waals surface area contributed by atoms with Crippen LogP contribution in [0, 0.1) is 11.8 Å². The normalized spacial score (nSPS) is 20.5. The maximum absolute atomic E-state index is 5.42. The Hall–Kier alpha value is -1.63. The fraction of sp³-hybridized carbons (Fsp3) is 0.737. The van der Waals surface area contributed by atoms with Crippen LogP contribution in [-0.2, 0) is 0 Å². The lowest BCUT2D eigenvalue weighted by atomic mass is 10.0. The van der Waals surface area contributed by atoms with Gasteiger partial charge in [0.1, 0.15) is 11.6 Å². The molecule has 2 N–H and O–H groups in total. The lowest BCUT2D eigenvalue weighted by Gasteiger charge is -2.32. The van der Waals surface area contributed by atoms with Gasteiger partial charge in [0.25, 0.3) is 0 Å². The molecule has 1 aromatic heterocycles. The van der Waals surface area contributed by atoms with Crippen molar-refractivity contribution in [1.29, 1.82) is 0 Å². The van der Waals surface area contributed by atoms with Gasteiger partial charge >= 0.3 is 0 Å². The van der Waals surface area contributed by atoms with E-state index < -0.39 is 0 Å². The fourth-order valence-corrected chi connectivity index (χ4v) is 3.76. The number of hydrogen-bond acceptors (Lipinski definition) is 5. The predicted octanol–water partition coefficient (Wildman–Crippen LogP) is 3.26. The quantitative estimate of drug-likeness (QED) is 0.765. The molecular formula is C19H32N6S. The van der Waals surface area contributed by atoms with E-state index in [2.05, 4.69) is 47.3 Å². The summed E-state index contributed by atoms with van der Waals surface area (Å²) in [4.78, 5) is 14.3. The number of anilines is 3. The average Bonchev–Trinajstić information content (AvgIpc) is 3.14. The topological polar surface area (TPSA) is 56.3 Å². The van der Waals surface area contributed by atoms with Crippen molar-refractivity contribution in [2.75, 3.05) is 47.8 Å². The van der Waals surface area contributed by atoms with E-state index >= 15 is 0 Å². The number of hydrogen-bond donors (Lipinski definition) is 2. The van der Waals surface area contributed by atoms with Crippen molar-refractivity contribution in [2.45, 2.75) is 46.5 Å². The van der Waals surface area contributed by atoms with E-state index in [4.69, 9.17) is 22.2 Å².